The molecule has 1 atom stereocenters. The molecule has 3 heteroatoms. The molecule has 21 heavy (non-hydrogen) atoms. The molecule has 2 heterocycles. The maximum Gasteiger partial charge on any atom is 0.181 e. The third kappa shape index (κ3) is 3.03. The lowest BCUT2D eigenvalue weighted by Crippen LogP contribution is -2.40. The fourth-order valence-corrected chi connectivity index (χ4v) is 3.33. The van der Waals surface area contributed by atoms with Crippen LogP contribution in [0, 0.1) is 0 Å². The molecule has 0 saturated carbocycles. The average molecular weight is 284 g/mol. The van der Waals surface area contributed by atoms with Gasteiger partial charge in [0, 0.05) is 22.7 Å². The number of benzene rings is 1. The Bertz CT molecular complexity index is 608. The quantitative estimate of drug-likeness (QED) is 0.865. The first-order valence-electron chi connectivity index (χ1n) is 8.12. The van der Waals surface area contributed by atoms with Crippen LogP contribution < -0.4 is 0 Å². The molecule has 0 amide bonds. The van der Waals surface area contributed by atoms with E-state index in [2.05, 4.69) is 16.8 Å². The lowest BCUT2D eigenvalue weighted by Gasteiger charge is -2.29. The van der Waals surface area contributed by atoms with Gasteiger partial charge >= 0.3 is 0 Å². The van der Waals surface area contributed by atoms with E-state index >= 15 is 0 Å². The van der Waals surface area contributed by atoms with E-state index in [4.69, 9.17) is 0 Å². The Kier molecular flexibility index (Phi) is 4.39. The van der Waals surface area contributed by atoms with Crippen molar-refractivity contribution in [1.82, 2.24) is 9.88 Å². The fraction of sp³-hybridized carbons (Fsp3) is 0.500. The van der Waals surface area contributed by atoms with E-state index in [1.807, 2.05) is 30.5 Å². The maximum absolute atomic E-state index is 12.9. The van der Waals surface area contributed by atoms with Gasteiger partial charge in [-0.15, -0.1) is 0 Å². The number of aromatic amines is 1. The highest BCUT2D eigenvalue weighted by Gasteiger charge is 2.24. The number of hydrogen-bond acceptors (Lipinski definition) is 2. The molecule has 0 radical (unpaired) electrons. The fourth-order valence-electron chi connectivity index (χ4n) is 3.33. The molecule has 1 N–H and O–H groups in total. The molecule has 0 unspecified atom stereocenters. The number of carbonyl (C=O) groups excluding carboxylic acids is 1. The van der Waals surface area contributed by atoms with Crippen LogP contribution >= 0.6 is 0 Å². The molecule has 2 aromatic rings. The van der Waals surface area contributed by atoms with Crippen LogP contribution in [-0.2, 0) is 0 Å². The van der Waals surface area contributed by atoms with Crippen molar-refractivity contribution in [3.05, 3.63) is 36.0 Å². The Morgan fingerprint density at radius 3 is 2.52 bits per heavy atom. The second-order valence-electron chi connectivity index (χ2n) is 6.09. The van der Waals surface area contributed by atoms with E-state index in [-0.39, 0.29) is 11.8 Å². The molecule has 1 aromatic heterocycles. The summed E-state index contributed by atoms with van der Waals surface area (Å²) in [6.07, 6.45) is 8.23. The van der Waals surface area contributed by atoms with Gasteiger partial charge in [-0.05, 0) is 38.9 Å². The molecule has 0 aliphatic carbocycles. The predicted molar refractivity (Wildman–Crippen MR) is 86.7 cm³/mol. The number of likely N-dealkylation sites (tertiary alicyclic amines) is 1. The molecular weight excluding hydrogens is 260 g/mol. The third-order valence-corrected chi connectivity index (χ3v) is 4.67. The number of aromatic nitrogens is 1. The lowest BCUT2D eigenvalue weighted by molar-refractivity contribution is 0.0827. The van der Waals surface area contributed by atoms with Gasteiger partial charge in [0.05, 0.1) is 6.04 Å². The van der Waals surface area contributed by atoms with Gasteiger partial charge in [-0.2, -0.15) is 0 Å². The molecule has 112 valence electrons. The Balaban J connectivity index is 1.80. The number of nitrogens with one attached hydrogen (secondary N) is 1. The SMILES string of the molecule is C[C@H](C(=O)c1c[nH]c2ccccc12)N1CCCCCCC1. The number of fused-ring (bicyclic) bond motifs is 1. The summed E-state index contributed by atoms with van der Waals surface area (Å²) in [6.45, 7) is 4.16. The van der Waals surface area contributed by atoms with Crippen molar-refractivity contribution in [1.29, 1.82) is 0 Å². The number of rotatable bonds is 3. The van der Waals surface area contributed by atoms with E-state index < -0.39 is 0 Å². The zero-order valence-corrected chi connectivity index (χ0v) is 12.8. The highest BCUT2D eigenvalue weighted by atomic mass is 16.1. The summed E-state index contributed by atoms with van der Waals surface area (Å²) in [5.41, 5.74) is 1.88. The normalized spacial score (nSPS) is 19.1. The highest BCUT2D eigenvalue weighted by Crippen LogP contribution is 2.21. The van der Waals surface area contributed by atoms with E-state index in [9.17, 15) is 4.79 Å². The largest absolute Gasteiger partial charge is 0.360 e. The molecule has 1 aromatic carbocycles. The van der Waals surface area contributed by atoms with Gasteiger partial charge in [-0.25, -0.2) is 0 Å². The first kappa shape index (κ1) is 14.3. The number of carbonyl (C=O) groups is 1. The number of para-hydroxylation sites is 1. The number of H-pyrrole nitrogens is 1. The predicted octanol–water partition coefficient (Wildman–Crippen LogP) is 4.01. The zero-order valence-electron chi connectivity index (χ0n) is 12.8. The molecule has 3 rings (SSSR count). The third-order valence-electron chi connectivity index (χ3n) is 4.67. The summed E-state index contributed by atoms with van der Waals surface area (Å²) in [5, 5.41) is 1.04. The Labute approximate surface area is 126 Å². The maximum atomic E-state index is 12.9. The first-order valence-corrected chi connectivity index (χ1v) is 8.12. The average Bonchev–Trinajstić information content (AvgIpc) is 2.89. The second kappa shape index (κ2) is 6.44. The molecule has 3 nitrogen and oxygen atoms in total. The van der Waals surface area contributed by atoms with Gasteiger partial charge < -0.3 is 4.98 Å². The Morgan fingerprint density at radius 2 is 1.76 bits per heavy atom. The molecular formula is C18H24N2O. The summed E-state index contributed by atoms with van der Waals surface area (Å²) >= 11 is 0. The van der Waals surface area contributed by atoms with E-state index in [0.717, 1.165) is 29.6 Å². The number of Topliss-reactive ketones (excluding diaryl/α,β-unsaturated/α-hetero) is 1. The summed E-state index contributed by atoms with van der Waals surface area (Å²) in [5.74, 6) is 0.244. The minimum Gasteiger partial charge on any atom is -0.360 e. The van der Waals surface area contributed by atoms with Crippen LogP contribution in [0.25, 0.3) is 10.9 Å². The van der Waals surface area contributed by atoms with Crippen LogP contribution in [0.4, 0.5) is 0 Å². The first-order chi connectivity index (χ1) is 10.3. The van der Waals surface area contributed by atoms with E-state index in [1.165, 1.54) is 32.1 Å². The summed E-state index contributed by atoms with van der Waals surface area (Å²) in [4.78, 5) is 18.4. The molecule has 1 saturated heterocycles. The summed E-state index contributed by atoms with van der Waals surface area (Å²) < 4.78 is 0. The molecule has 1 fully saturated rings. The van der Waals surface area contributed by atoms with Crippen LogP contribution in [0.3, 0.4) is 0 Å². The van der Waals surface area contributed by atoms with Gasteiger partial charge in [0.2, 0.25) is 0 Å². The standard InChI is InChI=1S/C18H24N2O/c1-14(20-11-7-3-2-4-8-12-20)18(21)16-13-19-17-10-6-5-9-15(16)17/h5-6,9-10,13-14,19H,2-4,7-8,11-12H2,1H3/t14-/m1/s1. The molecule has 1 aliphatic rings. The number of ketones is 1. The van der Waals surface area contributed by atoms with Crippen molar-refractivity contribution in [3.63, 3.8) is 0 Å². The van der Waals surface area contributed by atoms with Crippen LogP contribution in [0.15, 0.2) is 30.5 Å². The summed E-state index contributed by atoms with van der Waals surface area (Å²) in [7, 11) is 0. The van der Waals surface area contributed by atoms with Crippen molar-refractivity contribution >= 4 is 16.7 Å². The van der Waals surface area contributed by atoms with Gasteiger partial charge in [0.25, 0.3) is 0 Å². The van der Waals surface area contributed by atoms with E-state index in [0.29, 0.717) is 0 Å². The van der Waals surface area contributed by atoms with Gasteiger partial charge in [-0.3, -0.25) is 9.69 Å². The highest BCUT2D eigenvalue weighted by molar-refractivity contribution is 6.10. The minimum absolute atomic E-state index is 0.0256. The van der Waals surface area contributed by atoms with Crippen molar-refractivity contribution < 1.29 is 4.79 Å². The van der Waals surface area contributed by atoms with Crippen LogP contribution in [0.1, 0.15) is 49.4 Å². The monoisotopic (exact) mass is 284 g/mol. The second-order valence-corrected chi connectivity index (χ2v) is 6.09. The zero-order chi connectivity index (χ0) is 14.7. The van der Waals surface area contributed by atoms with Gasteiger partial charge in [-0.1, -0.05) is 37.5 Å². The number of hydrogen-bond donors (Lipinski definition) is 1. The van der Waals surface area contributed by atoms with Crippen molar-refractivity contribution in [2.75, 3.05) is 13.1 Å². The Morgan fingerprint density at radius 1 is 1.10 bits per heavy atom. The van der Waals surface area contributed by atoms with E-state index in [1.54, 1.807) is 0 Å². The molecule has 0 spiro atoms. The van der Waals surface area contributed by atoms with Gasteiger partial charge in [0.15, 0.2) is 5.78 Å². The summed E-state index contributed by atoms with van der Waals surface area (Å²) in [6, 6.07) is 8.01. The van der Waals surface area contributed by atoms with Crippen molar-refractivity contribution in [2.45, 2.75) is 45.1 Å². The smallest absolute Gasteiger partial charge is 0.181 e. The lowest BCUT2D eigenvalue weighted by atomic mass is 10.0. The van der Waals surface area contributed by atoms with Crippen LogP contribution in [-0.4, -0.2) is 34.8 Å². The van der Waals surface area contributed by atoms with Crippen molar-refractivity contribution in [2.24, 2.45) is 0 Å². The molecule has 0 bridgehead atoms. The van der Waals surface area contributed by atoms with Gasteiger partial charge in [0.1, 0.15) is 0 Å². The Hall–Kier alpha value is -1.61. The number of nitrogens with zero attached hydrogens (tertiary/aromatic N) is 1. The minimum atomic E-state index is -0.0256. The molecule has 1 aliphatic heterocycles. The topological polar surface area (TPSA) is 36.1 Å². The van der Waals surface area contributed by atoms with Crippen molar-refractivity contribution in [3.8, 4) is 0 Å². The van der Waals surface area contributed by atoms with Crippen LogP contribution in [0.5, 0.6) is 0 Å². The van der Waals surface area contributed by atoms with Crippen LogP contribution in [0.2, 0.25) is 0 Å².